The average Bonchev–Trinajstić information content (AvgIpc) is 2.33. The van der Waals surface area contributed by atoms with Crippen molar-refractivity contribution < 1.29 is 19.1 Å². The molecule has 0 fully saturated rings. The first-order valence-electron chi connectivity index (χ1n) is 6.98. The summed E-state index contributed by atoms with van der Waals surface area (Å²) in [6.07, 6.45) is 7.42. The molecule has 0 amide bonds. The molecule has 5 heteroatoms. The van der Waals surface area contributed by atoms with Crippen molar-refractivity contribution in [3.8, 4) is 0 Å². The van der Waals surface area contributed by atoms with Gasteiger partial charge < -0.3 is 9.47 Å². The van der Waals surface area contributed by atoms with E-state index in [9.17, 15) is 9.59 Å². The van der Waals surface area contributed by atoms with E-state index in [1.807, 2.05) is 0 Å². The Hall–Kier alpha value is -0.710. The summed E-state index contributed by atoms with van der Waals surface area (Å²) in [4.78, 5) is 21.7. The smallest absolute Gasteiger partial charge is 0.303 e. The number of thioether (sulfide) groups is 1. The van der Waals surface area contributed by atoms with Gasteiger partial charge in [0, 0.05) is 13.8 Å². The Labute approximate surface area is 120 Å². The van der Waals surface area contributed by atoms with Gasteiger partial charge in [-0.15, -0.1) is 11.8 Å². The predicted molar refractivity (Wildman–Crippen MR) is 78.0 cm³/mol. The maximum absolute atomic E-state index is 10.9. The molecule has 0 heterocycles. The van der Waals surface area contributed by atoms with Crippen LogP contribution < -0.4 is 0 Å². The van der Waals surface area contributed by atoms with Crippen LogP contribution in [0.3, 0.4) is 0 Å². The van der Waals surface area contributed by atoms with Crippen molar-refractivity contribution in [1.82, 2.24) is 0 Å². The highest BCUT2D eigenvalue weighted by Gasteiger charge is 2.13. The van der Waals surface area contributed by atoms with Crippen LogP contribution in [0.15, 0.2) is 0 Å². The van der Waals surface area contributed by atoms with Crippen LogP contribution in [0.25, 0.3) is 0 Å². The molecule has 112 valence electrons. The Bertz CT molecular complexity index is 256. The third-order valence-corrected chi connectivity index (χ3v) is 3.65. The number of esters is 2. The van der Waals surface area contributed by atoms with E-state index >= 15 is 0 Å². The van der Waals surface area contributed by atoms with E-state index in [1.54, 1.807) is 0 Å². The molecule has 0 radical (unpaired) electrons. The maximum Gasteiger partial charge on any atom is 0.303 e. The number of carbonyl (C=O) groups is 2. The van der Waals surface area contributed by atoms with Crippen molar-refractivity contribution in [3.63, 3.8) is 0 Å². The molecule has 0 aromatic heterocycles. The largest absolute Gasteiger partial charge is 0.461 e. The zero-order valence-corrected chi connectivity index (χ0v) is 13.1. The lowest BCUT2D eigenvalue weighted by Crippen LogP contribution is -2.21. The van der Waals surface area contributed by atoms with E-state index in [0.717, 1.165) is 12.2 Å². The Kier molecular flexibility index (Phi) is 11.9. The second-order valence-electron chi connectivity index (χ2n) is 4.48. The summed E-state index contributed by atoms with van der Waals surface area (Å²) < 4.78 is 9.97. The lowest BCUT2D eigenvalue weighted by Gasteiger charge is -2.16. The highest BCUT2D eigenvalue weighted by Crippen LogP contribution is 2.17. The molecule has 0 aromatic rings. The Morgan fingerprint density at radius 1 is 1.00 bits per heavy atom. The number of hydrogen-bond donors (Lipinski definition) is 0. The summed E-state index contributed by atoms with van der Waals surface area (Å²) in [6.45, 7) is 5.05. The van der Waals surface area contributed by atoms with E-state index in [1.165, 1.54) is 57.7 Å². The van der Waals surface area contributed by atoms with Gasteiger partial charge in [-0.3, -0.25) is 9.59 Å². The summed E-state index contributed by atoms with van der Waals surface area (Å²) in [5.41, 5.74) is -0.378. The molecule has 1 unspecified atom stereocenters. The molecule has 0 rings (SSSR count). The first kappa shape index (κ1) is 18.3. The monoisotopic (exact) mass is 290 g/mol. The van der Waals surface area contributed by atoms with E-state index < -0.39 is 0 Å². The van der Waals surface area contributed by atoms with E-state index in [0.29, 0.717) is 0 Å². The van der Waals surface area contributed by atoms with Crippen molar-refractivity contribution >= 4 is 23.7 Å². The minimum Gasteiger partial charge on any atom is -0.461 e. The molecule has 1 atom stereocenters. The van der Waals surface area contributed by atoms with Crippen molar-refractivity contribution in [2.24, 2.45) is 0 Å². The number of unbranched alkanes of at least 4 members (excludes halogenated alkanes) is 5. The second-order valence-corrected chi connectivity index (χ2v) is 5.75. The molecule has 0 saturated heterocycles. The Balaban J connectivity index is 3.67. The average molecular weight is 290 g/mol. The van der Waals surface area contributed by atoms with Gasteiger partial charge in [0.15, 0.2) is 5.44 Å². The zero-order valence-electron chi connectivity index (χ0n) is 12.3. The van der Waals surface area contributed by atoms with Crippen LogP contribution in [0.1, 0.15) is 59.3 Å². The van der Waals surface area contributed by atoms with Crippen LogP contribution in [-0.4, -0.2) is 29.7 Å². The molecule has 0 saturated carbocycles. The predicted octanol–water partition coefficient (Wildman–Crippen LogP) is 3.53. The Morgan fingerprint density at radius 2 is 1.63 bits per heavy atom. The van der Waals surface area contributed by atoms with Gasteiger partial charge in [-0.05, 0) is 12.2 Å². The standard InChI is InChI=1S/C14H26O4S/c1-4-5-6-7-8-9-10-19-14(18-13(3)16)11-17-12(2)15/h14H,4-11H2,1-3H3. The normalized spacial score (nSPS) is 11.9. The maximum atomic E-state index is 10.9. The zero-order chi connectivity index (χ0) is 14.5. The molecule has 19 heavy (non-hydrogen) atoms. The number of carbonyl (C=O) groups excluding carboxylic acids is 2. The minimum atomic E-state index is -0.378. The third kappa shape index (κ3) is 13.5. The first-order chi connectivity index (χ1) is 9.06. The lowest BCUT2D eigenvalue weighted by molar-refractivity contribution is -0.151. The summed E-state index contributed by atoms with van der Waals surface area (Å²) in [5.74, 6) is 0.232. The molecule has 0 spiro atoms. The first-order valence-corrected chi connectivity index (χ1v) is 8.03. The molecule has 0 aromatic carbocycles. The third-order valence-electron chi connectivity index (χ3n) is 2.52. The quantitative estimate of drug-likeness (QED) is 0.331. The van der Waals surface area contributed by atoms with Crippen LogP contribution >= 0.6 is 11.8 Å². The molecular formula is C14H26O4S. The molecular weight excluding hydrogens is 264 g/mol. The minimum absolute atomic E-state index is 0.134. The molecule has 0 aliphatic heterocycles. The highest BCUT2D eigenvalue weighted by molar-refractivity contribution is 7.99. The molecule has 4 nitrogen and oxygen atoms in total. The van der Waals surface area contributed by atoms with Gasteiger partial charge in [0.2, 0.25) is 0 Å². The second kappa shape index (κ2) is 12.3. The molecule has 0 aliphatic rings. The summed E-state index contributed by atoms with van der Waals surface area (Å²) in [6, 6.07) is 0. The van der Waals surface area contributed by atoms with Gasteiger partial charge in [0.05, 0.1) is 0 Å². The number of rotatable bonds is 11. The van der Waals surface area contributed by atoms with Crippen LogP contribution in [-0.2, 0) is 19.1 Å². The van der Waals surface area contributed by atoms with Crippen LogP contribution in [0.4, 0.5) is 0 Å². The van der Waals surface area contributed by atoms with Gasteiger partial charge >= 0.3 is 11.9 Å². The van der Waals surface area contributed by atoms with E-state index in [-0.39, 0.29) is 24.0 Å². The van der Waals surface area contributed by atoms with Crippen LogP contribution in [0, 0.1) is 0 Å². The number of ether oxygens (including phenoxy) is 2. The highest BCUT2D eigenvalue weighted by atomic mass is 32.2. The summed E-state index contributed by atoms with van der Waals surface area (Å²) >= 11 is 1.54. The van der Waals surface area contributed by atoms with Crippen LogP contribution in [0.5, 0.6) is 0 Å². The van der Waals surface area contributed by atoms with Gasteiger partial charge in [-0.2, -0.15) is 0 Å². The fraction of sp³-hybridized carbons (Fsp3) is 0.857. The fourth-order valence-corrected chi connectivity index (χ4v) is 2.59. The lowest BCUT2D eigenvalue weighted by atomic mass is 10.1. The van der Waals surface area contributed by atoms with Gasteiger partial charge in [0.1, 0.15) is 6.61 Å². The van der Waals surface area contributed by atoms with Gasteiger partial charge in [-0.25, -0.2) is 0 Å². The van der Waals surface area contributed by atoms with Crippen molar-refractivity contribution in [1.29, 1.82) is 0 Å². The van der Waals surface area contributed by atoms with Crippen molar-refractivity contribution in [3.05, 3.63) is 0 Å². The van der Waals surface area contributed by atoms with Crippen molar-refractivity contribution in [2.75, 3.05) is 12.4 Å². The SMILES string of the molecule is CCCCCCCCSC(COC(C)=O)OC(C)=O. The molecule has 0 bridgehead atoms. The van der Waals surface area contributed by atoms with E-state index in [4.69, 9.17) is 9.47 Å². The molecule has 0 N–H and O–H groups in total. The Morgan fingerprint density at radius 3 is 2.21 bits per heavy atom. The number of hydrogen-bond acceptors (Lipinski definition) is 5. The van der Waals surface area contributed by atoms with Crippen LogP contribution in [0.2, 0.25) is 0 Å². The topological polar surface area (TPSA) is 52.6 Å². The van der Waals surface area contributed by atoms with Crippen molar-refractivity contribution in [2.45, 2.75) is 64.7 Å². The fourth-order valence-electron chi connectivity index (χ4n) is 1.58. The summed E-state index contributed by atoms with van der Waals surface area (Å²) in [7, 11) is 0. The van der Waals surface area contributed by atoms with E-state index in [2.05, 4.69) is 6.92 Å². The van der Waals surface area contributed by atoms with Gasteiger partial charge in [0.25, 0.3) is 0 Å². The van der Waals surface area contributed by atoms with Gasteiger partial charge in [-0.1, -0.05) is 39.0 Å². The summed E-state index contributed by atoms with van der Waals surface area (Å²) in [5, 5.41) is 0. The molecule has 0 aliphatic carbocycles.